The van der Waals surface area contributed by atoms with Crippen molar-refractivity contribution in [2.75, 3.05) is 26.4 Å². The number of hydrogen-bond donors (Lipinski definition) is 7. The van der Waals surface area contributed by atoms with Crippen molar-refractivity contribution >= 4 is 11.9 Å². The molecule has 2 aliphatic heterocycles. The Labute approximate surface area is 420 Å². The van der Waals surface area contributed by atoms with E-state index >= 15 is 0 Å². The van der Waals surface area contributed by atoms with Crippen LogP contribution < -0.4 is 0 Å². The summed E-state index contributed by atoms with van der Waals surface area (Å²) in [7, 11) is 0. The molecule has 15 nitrogen and oxygen atoms in total. The molecule has 2 rings (SSSR count). The monoisotopic (exact) mass is 995 g/mol. The molecule has 0 radical (unpaired) electrons. The highest BCUT2D eigenvalue weighted by molar-refractivity contribution is 5.70. The number of aliphatic hydroxyl groups is 7. The predicted molar refractivity (Wildman–Crippen MR) is 270 cm³/mol. The maximum absolute atomic E-state index is 13.0. The summed E-state index contributed by atoms with van der Waals surface area (Å²) in [5.74, 6) is -0.965. The van der Waals surface area contributed by atoms with Gasteiger partial charge < -0.3 is 64.2 Å². The van der Waals surface area contributed by atoms with E-state index in [2.05, 4.69) is 74.6 Å². The molecule has 0 bridgehead atoms. The standard InChI is InChI=1S/C55H94O15/c1-3-5-7-9-11-13-15-17-19-20-21-22-24-26-28-30-32-34-36-38-47(58)68-43(40-65-46(57)37-35-33-31-29-27-25-23-18-16-14-12-10-8-6-4-2)41-66-54-53(64)51(62)49(60)45(70-54)42-67-55-52(63)50(61)48(59)44(39-56)69-55/h10-13,17,19,21-22,26,28,43-45,48-56,59-64H,3-9,14-16,18,20,23-25,27,29-42H2,1-2H3/b12-10+,13-11+,19-17+,22-21+,28-26+/t43-,44+,45+,48-,49-,50?,51?,52?,53?,54+,55+/m1/s1. The van der Waals surface area contributed by atoms with Gasteiger partial charge in [0, 0.05) is 12.8 Å². The average molecular weight is 995 g/mol. The summed E-state index contributed by atoms with van der Waals surface area (Å²) >= 11 is 0. The summed E-state index contributed by atoms with van der Waals surface area (Å²) in [5, 5.41) is 72.1. The molecule has 2 aliphatic rings. The molecule has 4 unspecified atom stereocenters. The lowest BCUT2D eigenvalue weighted by atomic mass is 9.98. The van der Waals surface area contributed by atoms with Crippen molar-refractivity contribution in [2.45, 2.75) is 248 Å². The lowest BCUT2D eigenvalue weighted by Gasteiger charge is -2.42. The molecule has 2 fully saturated rings. The number of rotatable bonds is 41. The fourth-order valence-corrected chi connectivity index (χ4v) is 8.00. The molecule has 404 valence electrons. The van der Waals surface area contributed by atoms with Crippen molar-refractivity contribution in [3.63, 3.8) is 0 Å². The zero-order valence-corrected chi connectivity index (χ0v) is 42.7. The predicted octanol–water partition coefficient (Wildman–Crippen LogP) is 8.05. The van der Waals surface area contributed by atoms with Gasteiger partial charge in [0.05, 0.1) is 19.8 Å². The molecule has 0 amide bonds. The van der Waals surface area contributed by atoms with E-state index in [-0.39, 0.29) is 19.4 Å². The Morgan fingerprint density at radius 3 is 1.41 bits per heavy atom. The van der Waals surface area contributed by atoms with Crippen LogP contribution in [0.3, 0.4) is 0 Å². The molecule has 0 aromatic heterocycles. The number of unbranched alkanes of at least 4 members (excludes halogenated alkanes) is 17. The van der Waals surface area contributed by atoms with Gasteiger partial charge in [-0.25, -0.2) is 0 Å². The Bertz CT molecular complexity index is 1450. The van der Waals surface area contributed by atoms with E-state index in [1.54, 1.807) is 0 Å². The van der Waals surface area contributed by atoms with Crippen molar-refractivity contribution in [3.8, 4) is 0 Å². The van der Waals surface area contributed by atoms with Gasteiger partial charge in [-0.05, 0) is 77.0 Å². The molecule has 0 aromatic carbocycles. The van der Waals surface area contributed by atoms with Crippen LogP contribution in [0.5, 0.6) is 0 Å². The molecule has 2 saturated heterocycles. The maximum atomic E-state index is 13.0. The zero-order valence-electron chi connectivity index (χ0n) is 42.7. The molecule has 0 aliphatic carbocycles. The van der Waals surface area contributed by atoms with Crippen LogP contribution in [0.25, 0.3) is 0 Å². The van der Waals surface area contributed by atoms with Gasteiger partial charge in [0.25, 0.3) is 0 Å². The third-order valence-corrected chi connectivity index (χ3v) is 12.5. The maximum Gasteiger partial charge on any atom is 0.306 e. The van der Waals surface area contributed by atoms with Gasteiger partial charge in [-0.3, -0.25) is 9.59 Å². The van der Waals surface area contributed by atoms with Crippen LogP contribution in [-0.2, 0) is 38.0 Å². The molecule has 7 N–H and O–H groups in total. The van der Waals surface area contributed by atoms with E-state index in [9.17, 15) is 45.3 Å². The number of allylic oxidation sites excluding steroid dienone is 10. The normalized spacial score (nSPS) is 25.8. The fraction of sp³-hybridized carbons (Fsp3) is 0.782. The number of hydrogen-bond acceptors (Lipinski definition) is 15. The van der Waals surface area contributed by atoms with Crippen LogP contribution >= 0.6 is 0 Å². The minimum Gasteiger partial charge on any atom is -0.462 e. The zero-order chi connectivity index (χ0) is 51.0. The SMILES string of the molecule is CCCC/C=C/CCCCCCCCCCCC(=O)OC[C@H](CO[C@H]1O[C@@H](CO[C@H]2O[C@@H](CO)[C@@H](O)C(O)C2O)[C@@H](O)C(O)C1O)OC(=O)CCCCC/C=C/C/C=C/C/C=C/C/C=C/CCCCC. The fourth-order valence-electron chi connectivity index (χ4n) is 8.00. The highest BCUT2D eigenvalue weighted by atomic mass is 16.7. The van der Waals surface area contributed by atoms with E-state index in [0.29, 0.717) is 12.8 Å². The largest absolute Gasteiger partial charge is 0.462 e. The van der Waals surface area contributed by atoms with Gasteiger partial charge in [-0.1, -0.05) is 152 Å². The minimum absolute atomic E-state index is 0.125. The molecule has 2 heterocycles. The molecule has 0 saturated carbocycles. The summed E-state index contributed by atoms with van der Waals surface area (Å²) < 4.78 is 33.6. The summed E-state index contributed by atoms with van der Waals surface area (Å²) in [6.07, 6.45) is 31.0. The highest BCUT2D eigenvalue weighted by Gasteiger charge is 2.47. The second kappa shape index (κ2) is 41.6. The smallest absolute Gasteiger partial charge is 0.306 e. The van der Waals surface area contributed by atoms with Crippen LogP contribution in [0.15, 0.2) is 60.8 Å². The van der Waals surface area contributed by atoms with Gasteiger partial charge in [-0.2, -0.15) is 0 Å². The second-order valence-corrected chi connectivity index (χ2v) is 18.7. The number of esters is 2. The van der Waals surface area contributed by atoms with Crippen LogP contribution in [0.2, 0.25) is 0 Å². The second-order valence-electron chi connectivity index (χ2n) is 18.7. The van der Waals surface area contributed by atoms with Gasteiger partial charge >= 0.3 is 11.9 Å². The van der Waals surface area contributed by atoms with Crippen molar-refractivity contribution in [2.24, 2.45) is 0 Å². The third kappa shape index (κ3) is 29.0. The molecule has 0 aromatic rings. The summed E-state index contributed by atoms with van der Waals surface area (Å²) in [6, 6.07) is 0. The van der Waals surface area contributed by atoms with E-state index < -0.39 is 99.3 Å². The van der Waals surface area contributed by atoms with Crippen LogP contribution in [0.1, 0.15) is 181 Å². The Morgan fingerprint density at radius 1 is 0.457 bits per heavy atom. The van der Waals surface area contributed by atoms with E-state index in [1.165, 1.54) is 70.6 Å². The first-order valence-corrected chi connectivity index (χ1v) is 26.9. The van der Waals surface area contributed by atoms with Crippen LogP contribution in [-0.4, -0.2) is 142 Å². The highest BCUT2D eigenvalue weighted by Crippen LogP contribution is 2.26. The summed E-state index contributed by atoms with van der Waals surface area (Å²) in [6.45, 7) is 2.50. The number of carbonyl (C=O) groups is 2. The van der Waals surface area contributed by atoms with Gasteiger partial charge in [-0.15, -0.1) is 0 Å². The van der Waals surface area contributed by atoms with Crippen molar-refractivity contribution < 1.29 is 73.8 Å². The lowest BCUT2D eigenvalue weighted by molar-refractivity contribution is -0.332. The van der Waals surface area contributed by atoms with Crippen LogP contribution in [0, 0.1) is 0 Å². The van der Waals surface area contributed by atoms with Crippen LogP contribution in [0.4, 0.5) is 0 Å². The van der Waals surface area contributed by atoms with Crippen molar-refractivity contribution in [1.29, 1.82) is 0 Å². The first-order valence-electron chi connectivity index (χ1n) is 26.9. The van der Waals surface area contributed by atoms with E-state index in [1.807, 2.05) is 0 Å². The Morgan fingerprint density at radius 2 is 0.871 bits per heavy atom. The first-order chi connectivity index (χ1) is 34.0. The van der Waals surface area contributed by atoms with Gasteiger partial charge in [0.1, 0.15) is 55.4 Å². The molecule has 0 spiro atoms. The topological polar surface area (TPSA) is 231 Å². The van der Waals surface area contributed by atoms with E-state index in [0.717, 1.165) is 70.6 Å². The minimum atomic E-state index is -1.77. The quantitative estimate of drug-likeness (QED) is 0.0175. The molecule has 15 heteroatoms. The third-order valence-electron chi connectivity index (χ3n) is 12.5. The first kappa shape index (κ1) is 63.3. The Hall–Kier alpha value is -2.80. The molecule has 70 heavy (non-hydrogen) atoms. The Kier molecular flexibility index (Phi) is 37.7. The molecule has 11 atom stereocenters. The van der Waals surface area contributed by atoms with Gasteiger partial charge in [0.15, 0.2) is 18.7 Å². The van der Waals surface area contributed by atoms with Crippen molar-refractivity contribution in [3.05, 3.63) is 60.8 Å². The molecular formula is C55H94O15. The summed E-state index contributed by atoms with van der Waals surface area (Å²) in [4.78, 5) is 25.8. The molecular weight excluding hydrogens is 901 g/mol. The van der Waals surface area contributed by atoms with Crippen molar-refractivity contribution in [1.82, 2.24) is 0 Å². The van der Waals surface area contributed by atoms with E-state index in [4.69, 9.17) is 28.4 Å². The lowest BCUT2D eigenvalue weighted by Crippen LogP contribution is -2.61. The van der Waals surface area contributed by atoms with Gasteiger partial charge in [0.2, 0.25) is 0 Å². The Balaban J connectivity index is 1.81. The average Bonchev–Trinajstić information content (AvgIpc) is 3.35. The number of carbonyl (C=O) groups excluding carboxylic acids is 2. The number of aliphatic hydroxyl groups excluding tert-OH is 7. The number of ether oxygens (including phenoxy) is 6. The summed E-state index contributed by atoms with van der Waals surface area (Å²) in [5.41, 5.74) is 0.